The van der Waals surface area contributed by atoms with Gasteiger partial charge in [-0.05, 0) is 43.0 Å². The van der Waals surface area contributed by atoms with Crippen molar-refractivity contribution in [3.05, 3.63) is 65.7 Å². The van der Waals surface area contributed by atoms with Crippen LogP contribution in [-0.4, -0.2) is 38.1 Å². The number of hydrogen-bond acceptors (Lipinski definition) is 4. The summed E-state index contributed by atoms with van der Waals surface area (Å²) in [6, 6.07) is 17.5. The van der Waals surface area contributed by atoms with Gasteiger partial charge < -0.3 is 10.2 Å². The molecule has 28 heavy (non-hydrogen) atoms. The molecule has 0 aliphatic heterocycles. The van der Waals surface area contributed by atoms with Gasteiger partial charge in [0.15, 0.2) is 0 Å². The maximum Gasteiger partial charge on any atom is 0.237 e. The van der Waals surface area contributed by atoms with Gasteiger partial charge in [0.2, 0.25) is 15.9 Å². The number of benzene rings is 2. The van der Waals surface area contributed by atoms with Crippen molar-refractivity contribution in [2.75, 3.05) is 17.5 Å². The van der Waals surface area contributed by atoms with E-state index in [0.29, 0.717) is 18.3 Å². The highest BCUT2D eigenvalue weighted by Crippen LogP contribution is 2.28. The maximum atomic E-state index is 12.8. The van der Waals surface area contributed by atoms with Crippen molar-refractivity contribution in [1.29, 1.82) is 0 Å². The van der Waals surface area contributed by atoms with Gasteiger partial charge in [-0.25, -0.2) is 8.42 Å². The number of nitrogens with zero attached hydrogens (tertiary/aromatic N) is 1. The summed E-state index contributed by atoms with van der Waals surface area (Å²) in [5.74, 6) is 0.0867. The molecule has 1 aliphatic rings. The minimum atomic E-state index is -3.32. The van der Waals surface area contributed by atoms with Crippen molar-refractivity contribution in [1.82, 2.24) is 10.2 Å². The molecule has 3 rings (SSSR count). The predicted octanol–water partition coefficient (Wildman–Crippen LogP) is 2.90. The number of rotatable bonds is 9. The second-order valence-electron chi connectivity index (χ2n) is 7.34. The molecule has 0 aromatic heterocycles. The van der Waals surface area contributed by atoms with Gasteiger partial charge in [-0.15, -0.1) is 0 Å². The van der Waals surface area contributed by atoms with E-state index in [9.17, 15) is 13.2 Å². The molecule has 0 heterocycles. The lowest BCUT2D eigenvalue weighted by Gasteiger charge is -2.24. The Morgan fingerprint density at radius 1 is 1.14 bits per heavy atom. The molecular formula is C21H27N3O3S. The molecule has 0 saturated heterocycles. The molecule has 0 radical (unpaired) electrons. The van der Waals surface area contributed by atoms with Crippen molar-refractivity contribution >= 4 is 21.6 Å². The number of sulfonamides is 1. The van der Waals surface area contributed by atoms with Gasteiger partial charge in [-0.1, -0.05) is 42.5 Å². The SMILES string of the molecule is C[C@@H](NCC(=O)N(Cc1ccccc1)C1CC1)c1cccc(NS(C)(=O)=O)c1. The minimum absolute atomic E-state index is 0.0805. The third-order valence-electron chi connectivity index (χ3n) is 4.75. The Morgan fingerprint density at radius 2 is 1.86 bits per heavy atom. The first-order chi connectivity index (χ1) is 13.3. The van der Waals surface area contributed by atoms with E-state index in [1.54, 1.807) is 18.2 Å². The molecule has 1 atom stereocenters. The number of nitrogens with one attached hydrogen (secondary N) is 2. The first-order valence-electron chi connectivity index (χ1n) is 9.46. The molecule has 6 nitrogen and oxygen atoms in total. The van der Waals surface area contributed by atoms with Crippen LogP contribution in [0.1, 0.15) is 36.9 Å². The summed E-state index contributed by atoms with van der Waals surface area (Å²) < 4.78 is 25.3. The van der Waals surface area contributed by atoms with Crippen LogP contribution in [0.5, 0.6) is 0 Å². The summed E-state index contributed by atoms with van der Waals surface area (Å²) in [5, 5.41) is 3.27. The van der Waals surface area contributed by atoms with Crippen molar-refractivity contribution in [3.63, 3.8) is 0 Å². The van der Waals surface area contributed by atoms with Gasteiger partial charge in [0.25, 0.3) is 0 Å². The Kier molecular flexibility index (Phi) is 6.36. The van der Waals surface area contributed by atoms with Gasteiger partial charge >= 0.3 is 0 Å². The van der Waals surface area contributed by atoms with Crippen LogP contribution in [0.3, 0.4) is 0 Å². The molecule has 1 saturated carbocycles. The fourth-order valence-corrected chi connectivity index (χ4v) is 3.69. The Morgan fingerprint density at radius 3 is 2.50 bits per heavy atom. The highest BCUT2D eigenvalue weighted by molar-refractivity contribution is 7.92. The summed E-state index contributed by atoms with van der Waals surface area (Å²) in [6.45, 7) is 2.84. The van der Waals surface area contributed by atoms with E-state index in [1.807, 2.05) is 48.2 Å². The van der Waals surface area contributed by atoms with Gasteiger partial charge in [0, 0.05) is 24.3 Å². The Hall–Kier alpha value is -2.38. The van der Waals surface area contributed by atoms with Gasteiger partial charge in [-0.3, -0.25) is 9.52 Å². The largest absolute Gasteiger partial charge is 0.334 e. The second kappa shape index (κ2) is 8.75. The monoisotopic (exact) mass is 401 g/mol. The average molecular weight is 402 g/mol. The minimum Gasteiger partial charge on any atom is -0.334 e. The zero-order valence-corrected chi connectivity index (χ0v) is 17.1. The highest BCUT2D eigenvalue weighted by Gasteiger charge is 2.32. The molecule has 1 fully saturated rings. The molecule has 2 aromatic rings. The molecule has 7 heteroatoms. The number of carbonyl (C=O) groups excluding carboxylic acids is 1. The van der Waals surface area contributed by atoms with Gasteiger partial charge in [-0.2, -0.15) is 0 Å². The van der Waals surface area contributed by atoms with Crippen molar-refractivity contribution in [2.24, 2.45) is 0 Å². The van der Waals surface area contributed by atoms with Gasteiger partial charge in [0.1, 0.15) is 0 Å². The van der Waals surface area contributed by atoms with Crippen LogP contribution < -0.4 is 10.0 Å². The fourth-order valence-electron chi connectivity index (χ4n) is 3.13. The van der Waals surface area contributed by atoms with Crippen LogP contribution >= 0.6 is 0 Å². The van der Waals surface area contributed by atoms with Crippen molar-refractivity contribution < 1.29 is 13.2 Å². The summed E-state index contributed by atoms with van der Waals surface area (Å²) in [7, 11) is -3.32. The molecule has 2 aromatic carbocycles. The van der Waals surface area contributed by atoms with Crippen LogP contribution in [0.15, 0.2) is 54.6 Å². The van der Waals surface area contributed by atoms with E-state index < -0.39 is 10.0 Å². The van der Waals surface area contributed by atoms with Crippen LogP contribution in [-0.2, 0) is 21.4 Å². The fraction of sp³-hybridized carbons (Fsp3) is 0.381. The summed E-state index contributed by atoms with van der Waals surface area (Å²) in [5.41, 5.74) is 2.57. The van der Waals surface area contributed by atoms with E-state index >= 15 is 0 Å². The lowest BCUT2D eigenvalue weighted by molar-refractivity contribution is -0.131. The number of carbonyl (C=O) groups is 1. The van der Waals surface area contributed by atoms with E-state index in [1.165, 1.54) is 0 Å². The third-order valence-corrected chi connectivity index (χ3v) is 5.36. The standard InChI is InChI=1S/C21H27N3O3S/c1-16(18-9-6-10-19(13-18)23-28(2,26)27)22-14-21(25)24(20-11-12-20)15-17-7-4-3-5-8-17/h3-10,13,16,20,22-23H,11-12,14-15H2,1-2H3/t16-/m1/s1. The first-order valence-corrected chi connectivity index (χ1v) is 11.4. The third kappa shape index (κ3) is 6.07. The van der Waals surface area contributed by atoms with Crippen LogP contribution in [0.2, 0.25) is 0 Å². The van der Waals surface area contributed by atoms with Crippen molar-refractivity contribution in [3.8, 4) is 0 Å². The van der Waals surface area contributed by atoms with E-state index in [4.69, 9.17) is 0 Å². The highest BCUT2D eigenvalue weighted by atomic mass is 32.2. The van der Waals surface area contributed by atoms with Crippen LogP contribution in [0.25, 0.3) is 0 Å². The molecule has 1 amide bonds. The Labute approximate surface area is 167 Å². The Bertz CT molecular complexity index is 912. The van der Waals surface area contributed by atoms with Gasteiger partial charge in [0.05, 0.1) is 12.8 Å². The molecule has 0 unspecified atom stereocenters. The summed E-state index contributed by atoms with van der Waals surface area (Å²) in [6.07, 6.45) is 3.25. The zero-order valence-electron chi connectivity index (χ0n) is 16.3. The summed E-state index contributed by atoms with van der Waals surface area (Å²) >= 11 is 0. The number of amides is 1. The molecule has 0 bridgehead atoms. The van der Waals surface area contributed by atoms with Crippen LogP contribution in [0, 0.1) is 0 Å². The van der Waals surface area contributed by atoms with E-state index in [2.05, 4.69) is 10.0 Å². The lowest BCUT2D eigenvalue weighted by Crippen LogP contribution is -2.39. The summed E-state index contributed by atoms with van der Waals surface area (Å²) in [4.78, 5) is 14.7. The number of anilines is 1. The average Bonchev–Trinajstić information content (AvgIpc) is 3.48. The second-order valence-corrected chi connectivity index (χ2v) is 9.09. The number of hydrogen-bond donors (Lipinski definition) is 2. The first kappa shape index (κ1) is 20.4. The topological polar surface area (TPSA) is 78.5 Å². The Balaban J connectivity index is 1.59. The lowest BCUT2D eigenvalue weighted by atomic mass is 10.1. The predicted molar refractivity (Wildman–Crippen MR) is 111 cm³/mol. The van der Waals surface area contributed by atoms with Crippen LogP contribution in [0.4, 0.5) is 5.69 Å². The normalized spacial score (nSPS) is 15.1. The zero-order chi connectivity index (χ0) is 20.1. The smallest absolute Gasteiger partial charge is 0.237 e. The maximum absolute atomic E-state index is 12.8. The molecule has 1 aliphatic carbocycles. The molecule has 2 N–H and O–H groups in total. The van der Waals surface area contributed by atoms with E-state index in [0.717, 1.165) is 30.2 Å². The molecule has 0 spiro atoms. The van der Waals surface area contributed by atoms with E-state index in [-0.39, 0.29) is 18.5 Å². The quantitative estimate of drug-likeness (QED) is 0.677. The molecule has 150 valence electrons. The van der Waals surface area contributed by atoms with Crippen molar-refractivity contribution in [2.45, 2.75) is 38.4 Å². The molecular weight excluding hydrogens is 374 g/mol.